The number of ether oxygens (including phenoxy) is 2. The minimum absolute atomic E-state index is 0.155. The zero-order chi connectivity index (χ0) is 26.4. The fraction of sp³-hybridized carbons (Fsp3) is 0.250. The van der Waals surface area contributed by atoms with Crippen LogP contribution in [0.5, 0.6) is 5.75 Å². The van der Waals surface area contributed by atoms with Crippen molar-refractivity contribution in [2.24, 2.45) is 0 Å². The largest absolute Gasteiger partial charge is 0.497 e. The summed E-state index contributed by atoms with van der Waals surface area (Å²) in [6.45, 7) is 4.39. The Morgan fingerprint density at radius 2 is 1.84 bits per heavy atom. The van der Waals surface area contributed by atoms with Crippen molar-refractivity contribution in [3.05, 3.63) is 83.9 Å². The first kappa shape index (κ1) is 25.7. The number of nitrogens with one attached hydrogen (secondary N) is 1. The third kappa shape index (κ3) is 6.07. The van der Waals surface area contributed by atoms with Gasteiger partial charge in [0.1, 0.15) is 12.3 Å². The molecule has 0 fully saturated rings. The van der Waals surface area contributed by atoms with E-state index in [4.69, 9.17) is 18.9 Å². The van der Waals surface area contributed by atoms with Crippen molar-refractivity contribution in [2.75, 3.05) is 39.2 Å². The summed E-state index contributed by atoms with van der Waals surface area (Å²) >= 11 is 0. The fourth-order valence-corrected chi connectivity index (χ4v) is 3.79. The molecule has 0 aliphatic rings. The molecule has 0 radical (unpaired) electrons. The van der Waals surface area contributed by atoms with Gasteiger partial charge in [0, 0.05) is 31.1 Å². The third-order valence-corrected chi connectivity index (χ3v) is 6.03. The van der Waals surface area contributed by atoms with Gasteiger partial charge in [-0.2, -0.15) is 0 Å². The van der Waals surface area contributed by atoms with E-state index in [-0.39, 0.29) is 25.5 Å². The Morgan fingerprint density at radius 3 is 2.49 bits per heavy atom. The number of furan rings is 1. The van der Waals surface area contributed by atoms with Crippen molar-refractivity contribution < 1.29 is 23.5 Å². The highest BCUT2D eigenvalue weighted by atomic mass is 16.5. The normalized spacial score (nSPS) is 10.8. The number of carbonyl (C=O) groups is 2. The number of aryl methyl sites for hydroxylation is 2. The lowest BCUT2D eigenvalue weighted by Gasteiger charge is -2.20. The van der Waals surface area contributed by atoms with Crippen LogP contribution >= 0.6 is 0 Å². The number of benzene rings is 2. The molecule has 0 bridgehead atoms. The van der Waals surface area contributed by atoms with E-state index in [1.165, 1.54) is 18.3 Å². The van der Waals surface area contributed by atoms with Crippen molar-refractivity contribution >= 4 is 17.8 Å². The molecular weight excluding hydrogens is 472 g/mol. The van der Waals surface area contributed by atoms with Crippen LogP contribution in [0.25, 0.3) is 16.9 Å². The summed E-state index contributed by atoms with van der Waals surface area (Å²) in [5.41, 5.74) is 4.68. The molecule has 0 aliphatic heterocycles. The molecule has 0 spiro atoms. The molecule has 2 aromatic heterocycles. The number of imidazole rings is 1. The Labute approximate surface area is 215 Å². The molecule has 9 heteroatoms. The van der Waals surface area contributed by atoms with Gasteiger partial charge in [0.15, 0.2) is 5.76 Å². The number of aromatic nitrogens is 2. The molecule has 2 aromatic carbocycles. The summed E-state index contributed by atoms with van der Waals surface area (Å²) in [4.78, 5) is 32.1. The van der Waals surface area contributed by atoms with E-state index in [2.05, 4.69) is 5.32 Å². The van der Waals surface area contributed by atoms with Crippen LogP contribution in [0.3, 0.4) is 0 Å². The number of methoxy groups -OCH3 is 2. The van der Waals surface area contributed by atoms with E-state index < -0.39 is 11.8 Å². The molecule has 192 valence electrons. The van der Waals surface area contributed by atoms with Gasteiger partial charge in [-0.25, -0.2) is 4.98 Å². The lowest BCUT2D eigenvalue weighted by molar-refractivity contribution is -0.117. The van der Waals surface area contributed by atoms with Crippen molar-refractivity contribution in [3.63, 3.8) is 0 Å². The molecule has 0 aliphatic carbocycles. The Morgan fingerprint density at radius 1 is 1.05 bits per heavy atom. The summed E-state index contributed by atoms with van der Waals surface area (Å²) in [6.07, 6.45) is 3.29. The second-order valence-corrected chi connectivity index (χ2v) is 8.56. The van der Waals surface area contributed by atoms with Gasteiger partial charge in [-0.15, -0.1) is 0 Å². The quantitative estimate of drug-likeness (QED) is 0.343. The van der Waals surface area contributed by atoms with E-state index >= 15 is 0 Å². The molecule has 0 saturated heterocycles. The first-order chi connectivity index (χ1) is 17.9. The van der Waals surface area contributed by atoms with Crippen LogP contribution in [0.4, 0.5) is 5.95 Å². The molecule has 4 aromatic rings. The van der Waals surface area contributed by atoms with Crippen molar-refractivity contribution in [2.45, 2.75) is 13.8 Å². The van der Waals surface area contributed by atoms with Gasteiger partial charge >= 0.3 is 0 Å². The van der Waals surface area contributed by atoms with Crippen LogP contribution in [0.1, 0.15) is 21.7 Å². The second kappa shape index (κ2) is 11.6. The average molecular weight is 503 g/mol. The summed E-state index contributed by atoms with van der Waals surface area (Å²) in [5.74, 6) is 0.448. The maximum absolute atomic E-state index is 13.1. The SMILES string of the molecule is COCCN(CC(=O)Nc1nc(-c2ccc(OC)cc2)cn1-c1ccc(C)c(C)c1)C(=O)c1ccco1. The Hall–Kier alpha value is -4.37. The number of amides is 2. The Bertz CT molecular complexity index is 1360. The number of hydrogen-bond acceptors (Lipinski definition) is 6. The summed E-state index contributed by atoms with van der Waals surface area (Å²) in [7, 11) is 3.15. The number of rotatable bonds is 10. The number of nitrogens with zero attached hydrogens (tertiary/aromatic N) is 3. The maximum Gasteiger partial charge on any atom is 0.290 e. The molecule has 4 rings (SSSR count). The van der Waals surface area contributed by atoms with E-state index in [1.54, 1.807) is 19.2 Å². The monoisotopic (exact) mass is 502 g/mol. The Balaban J connectivity index is 1.63. The van der Waals surface area contributed by atoms with Crippen LogP contribution in [0.2, 0.25) is 0 Å². The summed E-state index contributed by atoms with van der Waals surface area (Å²) in [6, 6.07) is 16.8. The molecule has 2 heterocycles. The summed E-state index contributed by atoms with van der Waals surface area (Å²) < 4.78 is 17.5. The molecule has 1 N–H and O–H groups in total. The molecule has 0 atom stereocenters. The smallest absolute Gasteiger partial charge is 0.290 e. The van der Waals surface area contributed by atoms with Gasteiger partial charge in [-0.05, 0) is 73.5 Å². The molecule has 2 amide bonds. The minimum Gasteiger partial charge on any atom is -0.497 e. The molecule has 9 nitrogen and oxygen atoms in total. The first-order valence-corrected chi connectivity index (χ1v) is 11.8. The predicted octanol–water partition coefficient (Wildman–Crippen LogP) is 4.49. The van der Waals surface area contributed by atoms with E-state index in [0.717, 1.165) is 28.1 Å². The zero-order valence-corrected chi connectivity index (χ0v) is 21.4. The van der Waals surface area contributed by atoms with Crippen LogP contribution in [-0.4, -0.2) is 60.2 Å². The molecular formula is C28H30N4O5. The van der Waals surface area contributed by atoms with E-state index in [0.29, 0.717) is 11.6 Å². The zero-order valence-electron chi connectivity index (χ0n) is 21.4. The van der Waals surface area contributed by atoms with Crippen LogP contribution in [0, 0.1) is 13.8 Å². The van der Waals surface area contributed by atoms with Crippen LogP contribution in [-0.2, 0) is 9.53 Å². The highest BCUT2D eigenvalue weighted by Gasteiger charge is 2.22. The van der Waals surface area contributed by atoms with Crippen molar-refractivity contribution in [1.82, 2.24) is 14.5 Å². The maximum atomic E-state index is 13.1. The number of carbonyl (C=O) groups excluding carboxylic acids is 2. The van der Waals surface area contributed by atoms with Crippen molar-refractivity contribution in [3.8, 4) is 22.7 Å². The van der Waals surface area contributed by atoms with Gasteiger partial charge in [-0.3, -0.25) is 19.5 Å². The minimum atomic E-state index is -0.395. The van der Waals surface area contributed by atoms with Crippen molar-refractivity contribution in [1.29, 1.82) is 0 Å². The van der Waals surface area contributed by atoms with Gasteiger partial charge in [-0.1, -0.05) is 6.07 Å². The molecule has 0 unspecified atom stereocenters. The van der Waals surface area contributed by atoms with Crippen LogP contribution < -0.4 is 10.1 Å². The standard InChI is InChI=1S/C28H30N4O5/c1-19-7-10-22(16-20(19)2)32-17-24(21-8-11-23(36-4)12-9-21)29-28(32)30-26(33)18-31(13-15-35-3)27(34)25-6-5-14-37-25/h5-12,14,16-17H,13,15,18H2,1-4H3,(H,29,30,33). The average Bonchev–Trinajstić information content (AvgIpc) is 3.59. The third-order valence-electron chi connectivity index (χ3n) is 6.03. The molecule has 0 saturated carbocycles. The van der Waals surface area contributed by atoms with Gasteiger partial charge < -0.3 is 18.8 Å². The summed E-state index contributed by atoms with van der Waals surface area (Å²) in [5, 5.41) is 2.89. The molecule has 37 heavy (non-hydrogen) atoms. The second-order valence-electron chi connectivity index (χ2n) is 8.56. The van der Waals surface area contributed by atoms with Crippen LogP contribution in [0.15, 0.2) is 71.5 Å². The van der Waals surface area contributed by atoms with Gasteiger partial charge in [0.25, 0.3) is 5.91 Å². The fourth-order valence-electron chi connectivity index (χ4n) is 3.79. The Kier molecular flexibility index (Phi) is 8.05. The lowest BCUT2D eigenvalue weighted by Crippen LogP contribution is -2.40. The predicted molar refractivity (Wildman–Crippen MR) is 140 cm³/mol. The highest BCUT2D eigenvalue weighted by Crippen LogP contribution is 2.27. The number of hydrogen-bond donors (Lipinski definition) is 1. The lowest BCUT2D eigenvalue weighted by atomic mass is 10.1. The topological polar surface area (TPSA) is 98.8 Å². The van der Waals surface area contributed by atoms with Gasteiger partial charge in [0.2, 0.25) is 11.9 Å². The van der Waals surface area contributed by atoms with E-state index in [1.807, 2.05) is 67.1 Å². The van der Waals surface area contributed by atoms with Gasteiger partial charge in [0.05, 0.1) is 25.7 Å². The van der Waals surface area contributed by atoms with E-state index in [9.17, 15) is 9.59 Å². The highest BCUT2D eigenvalue weighted by molar-refractivity contribution is 5.97. The number of anilines is 1. The first-order valence-electron chi connectivity index (χ1n) is 11.8.